The van der Waals surface area contributed by atoms with Gasteiger partial charge in [0.05, 0.1) is 4.88 Å². The summed E-state index contributed by atoms with van der Waals surface area (Å²) in [6, 6.07) is 10.8. The highest BCUT2D eigenvalue weighted by molar-refractivity contribution is 7.13. The number of aryl methyl sites for hydroxylation is 1. The van der Waals surface area contributed by atoms with Crippen LogP contribution < -0.4 is 10.6 Å². The molecular weight excluding hydrogens is 376 g/mol. The number of unbranched alkanes of at least 4 members (excludes halogenated alkanes) is 2. The fourth-order valence-corrected chi connectivity index (χ4v) is 3.33. The first kappa shape index (κ1) is 19.8. The molecule has 28 heavy (non-hydrogen) atoms. The van der Waals surface area contributed by atoms with Gasteiger partial charge in [0.15, 0.2) is 0 Å². The van der Waals surface area contributed by atoms with Crippen molar-refractivity contribution in [3.8, 4) is 10.7 Å². The molecule has 0 radical (unpaired) electrons. The Morgan fingerprint density at radius 2 is 2.04 bits per heavy atom. The van der Waals surface area contributed by atoms with E-state index in [0.29, 0.717) is 29.5 Å². The van der Waals surface area contributed by atoms with Crippen LogP contribution >= 0.6 is 11.3 Å². The molecule has 2 N–H and O–H groups in total. The normalized spacial score (nSPS) is 10.6. The Kier molecular flexibility index (Phi) is 6.91. The summed E-state index contributed by atoms with van der Waals surface area (Å²) in [5.41, 5.74) is 1.14. The van der Waals surface area contributed by atoms with Gasteiger partial charge in [0, 0.05) is 31.1 Å². The largest absolute Gasteiger partial charge is 0.352 e. The van der Waals surface area contributed by atoms with Crippen LogP contribution in [0.25, 0.3) is 10.7 Å². The second-order valence-electron chi connectivity index (χ2n) is 6.32. The van der Waals surface area contributed by atoms with E-state index in [2.05, 4.69) is 20.8 Å². The maximum absolute atomic E-state index is 12.2. The molecule has 0 atom stereocenters. The quantitative estimate of drug-likeness (QED) is 0.533. The summed E-state index contributed by atoms with van der Waals surface area (Å²) >= 11 is 1.58. The number of rotatable bonds is 9. The third-order valence-corrected chi connectivity index (χ3v) is 4.87. The van der Waals surface area contributed by atoms with E-state index in [1.165, 1.54) is 6.92 Å². The van der Waals surface area contributed by atoms with Crippen LogP contribution in [-0.2, 0) is 11.2 Å². The van der Waals surface area contributed by atoms with Crippen molar-refractivity contribution in [1.29, 1.82) is 0 Å². The summed E-state index contributed by atoms with van der Waals surface area (Å²) in [5.74, 6) is 0.965. The van der Waals surface area contributed by atoms with Gasteiger partial charge >= 0.3 is 0 Å². The number of carbonyl (C=O) groups is 2. The third kappa shape index (κ3) is 5.75. The Balaban J connectivity index is 1.35. The standard InChI is InChI=1S/C20H22N4O3S/c1-14(25)22-16-8-5-7-15(13-16)20(26)21-11-4-2-3-10-18-23-19(24-27-18)17-9-6-12-28-17/h5-9,12-13H,2-4,10-11H2,1H3,(H,21,26)(H,22,25). The highest BCUT2D eigenvalue weighted by atomic mass is 32.1. The second kappa shape index (κ2) is 9.80. The zero-order valence-electron chi connectivity index (χ0n) is 15.6. The van der Waals surface area contributed by atoms with E-state index >= 15 is 0 Å². The Morgan fingerprint density at radius 3 is 2.82 bits per heavy atom. The lowest BCUT2D eigenvalue weighted by Gasteiger charge is -2.07. The highest BCUT2D eigenvalue weighted by Crippen LogP contribution is 2.21. The summed E-state index contributed by atoms with van der Waals surface area (Å²) in [7, 11) is 0. The molecule has 0 saturated carbocycles. The minimum Gasteiger partial charge on any atom is -0.352 e. The average molecular weight is 398 g/mol. The third-order valence-electron chi connectivity index (χ3n) is 4.01. The molecule has 0 fully saturated rings. The topological polar surface area (TPSA) is 97.1 Å². The van der Waals surface area contributed by atoms with Gasteiger partial charge in [0.2, 0.25) is 17.6 Å². The Labute approximate surface area is 167 Å². The number of aromatic nitrogens is 2. The number of carbonyl (C=O) groups excluding carboxylic acids is 2. The summed E-state index contributed by atoms with van der Waals surface area (Å²) < 4.78 is 5.28. The number of anilines is 1. The number of amides is 2. The Bertz CT molecular complexity index is 921. The van der Waals surface area contributed by atoms with Gasteiger partial charge in [0.1, 0.15) is 0 Å². The summed E-state index contributed by atoms with van der Waals surface area (Å²) in [6.45, 7) is 2.03. The molecule has 0 aliphatic carbocycles. The van der Waals surface area contributed by atoms with Crippen LogP contribution in [0.4, 0.5) is 5.69 Å². The summed E-state index contributed by atoms with van der Waals surface area (Å²) in [4.78, 5) is 28.7. The van der Waals surface area contributed by atoms with E-state index in [0.717, 1.165) is 30.6 Å². The van der Waals surface area contributed by atoms with Crippen molar-refractivity contribution in [2.24, 2.45) is 0 Å². The molecule has 7 nitrogen and oxygen atoms in total. The van der Waals surface area contributed by atoms with Crippen molar-refractivity contribution in [2.75, 3.05) is 11.9 Å². The summed E-state index contributed by atoms with van der Waals surface area (Å²) in [5, 5.41) is 11.5. The first-order valence-corrected chi connectivity index (χ1v) is 10.0. The molecule has 0 saturated heterocycles. The number of hydrogen-bond donors (Lipinski definition) is 2. The van der Waals surface area contributed by atoms with E-state index in [4.69, 9.17) is 4.52 Å². The Hall–Kier alpha value is -3.00. The molecule has 0 unspecified atom stereocenters. The number of hydrogen-bond acceptors (Lipinski definition) is 6. The van der Waals surface area contributed by atoms with Crippen LogP contribution in [0.15, 0.2) is 46.3 Å². The van der Waals surface area contributed by atoms with Crippen LogP contribution in [-0.4, -0.2) is 28.5 Å². The smallest absolute Gasteiger partial charge is 0.251 e. The molecule has 3 aromatic rings. The minimum atomic E-state index is -0.165. The molecule has 0 spiro atoms. The van der Waals surface area contributed by atoms with Crippen molar-refractivity contribution >= 4 is 28.8 Å². The van der Waals surface area contributed by atoms with Crippen LogP contribution in [0.5, 0.6) is 0 Å². The lowest BCUT2D eigenvalue weighted by Crippen LogP contribution is -2.24. The molecule has 2 amide bonds. The fourth-order valence-electron chi connectivity index (χ4n) is 2.69. The average Bonchev–Trinajstić information content (AvgIpc) is 3.35. The van der Waals surface area contributed by atoms with E-state index < -0.39 is 0 Å². The highest BCUT2D eigenvalue weighted by Gasteiger charge is 2.09. The van der Waals surface area contributed by atoms with Crippen molar-refractivity contribution in [3.05, 3.63) is 53.2 Å². The maximum Gasteiger partial charge on any atom is 0.251 e. The first-order valence-electron chi connectivity index (χ1n) is 9.14. The van der Waals surface area contributed by atoms with Crippen LogP contribution in [0.1, 0.15) is 42.4 Å². The van der Waals surface area contributed by atoms with Gasteiger partial charge in [-0.25, -0.2) is 0 Å². The maximum atomic E-state index is 12.2. The number of nitrogens with zero attached hydrogens (tertiary/aromatic N) is 2. The van der Waals surface area contributed by atoms with Crippen molar-refractivity contribution in [1.82, 2.24) is 15.5 Å². The van der Waals surface area contributed by atoms with E-state index in [9.17, 15) is 9.59 Å². The van der Waals surface area contributed by atoms with Gasteiger partial charge in [-0.3, -0.25) is 9.59 Å². The zero-order chi connectivity index (χ0) is 19.8. The molecule has 3 rings (SSSR count). The molecule has 8 heteroatoms. The van der Waals surface area contributed by atoms with Gasteiger partial charge in [-0.2, -0.15) is 4.98 Å². The molecule has 146 valence electrons. The van der Waals surface area contributed by atoms with Gasteiger partial charge in [-0.1, -0.05) is 23.7 Å². The minimum absolute atomic E-state index is 0.148. The van der Waals surface area contributed by atoms with Crippen LogP contribution in [0.3, 0.4) is 0 Å². The first-order chi connectivity index (χ1) is 13.6. The van der Waals surface area contributed by atoms with Gasteiger partial charge < -0.3 is 15.2 Å². The molecule has 0 aliphatic heterocycles. The molecule has 0 bridgehead atoms. The predicted octanol–water partition coefficient (Wildman–Crippen LogP) is 3.90. The predicted molar refractivity (Wildman–Crippen MR) is 108 cm³/mol. The van der Waals surface area contributed by atoms with Crippen molar-refractivity contribution in [2.45, 2.75) is 32.6 Å². The number of thiophene rings is 1. The molecule has 2 aromatic heterocycles. The van der Waals surface area contributed by atoms with Gasteiger partial charge in [-0.15, -0.1) is 11.3 Å². The lowest BCUT2D eigenvalue weighted by molar-refractivity contribution is -0.114. The van der Waals surface area contributed by atoms with Crippen LogP contribution in [0, 0.1) is 0 Å². The monoisotopic (exact) mass is 398 g/mol. The lowest BCUT2D eigenvalue weighted by atomic mass is 10.1. The van der Waals surface area contributed by atoms with Crippen molar-refractivity contribution in [3.63, 3.8) is 0 Å². The number of nitrogens with one attached hydrogen (secondary N) is 2. The zero-order valence-corrected chi connectivity index (χ0v) is 16.4. The van der Waals surface area contributed by atoms with E-state index in [-0.39, 0.29) is 11.8 Å². The summed E-state index contributed by atoms with van der Waals surface area (Å²) in [6.07, 6.45) is 3.46. The van der Waals surface area contributed by atoms with Crippen molar-refractivity contribution < 1.29 is 14.1 Å². The van der Waals surface area contributed by atoms with Gasteiger partial charge in [-0.05, 0) is 42.5 Å². The van der Waals surface area contributed by atoms with Crippen LogP contribution in [0.2, 0.25) is 0 Å². The number of benzene rings is 1. The molecule has 2 heterocycles. The molecule has 0 aliphatic rings. The fraction of sp³-hybridized carbons (Fsp3) is 0.300. The molecular formula is C20H22N4O3S. The Morgan fingerprint density at radius 1 is 1.14 bits per heavy atom. The van der Waals surface area contributed by atoms with E-state index in [1.54, 1.807) is 35.6 Å². The molecule has 1 aromatic carbocycles. The van der Waals surface area contributed by atoms with Gasteiger partial charge in [0.25, 0.3) is 5.91 Å². The SMILES string of the molecule is CC(=O)Nc1cccc(C(=O)NCCCCCc2nc(-c3cccs3)no2)c1. The van der Waals surface area contributed by atoms with E-state index in [1.807, 2.05) is 17.5 Å². The second-order valence-corrected chi connectivity index (χ2v) is 7.27.